The molecule has 2 heterocycles. The van der Waals surface area contributed by atoms with E-state index in [1.165, 1.54) is 10.4 Å². The third-order valence-electron chi connectivity index (χ3n) is 4.32. The van der Waals surface area contributed by atoms with Crippen LogP contribution in [0.4, 0.5) is 9.52 Å². The number of rotatable bonds is 3. The molecule has 2 aromatic carbocycles. The maximum Gasteiger partial charge on any atom is 0.243 e. The van der Waals surface area contributed by atoms with Crippen LogP contribution < -0.4 is 4.90 Å². The summed E-state index contributed by atoms with van der Waals surface area (Å²) in [6.45, 7) is 1.78. The van der Waals surface area contributed by atoms with Gasteiger partial charge in [-0.25, -0.2) is 17.8 Å². The first-order chi connectivity index (χ1) is 12.4. The van der Waals surface area contributed by atoms with Gasteiger partial charge in [0, 0.05) is 26.2 Å². The van der Waals surface area contributed by atoms with Crippen LogP contribution in [-0.4, -0.2) is 43.9 Å². The number of sulfonamides is 1. The minimum Gasteiger partial charge on any atom is -0.345 e. The highest BCUT2D eigenvalue weighted by atomic mass is 35.5. The molecule has 136 valence electrons. The standard InChI is InChI=1S/C17H15ClFN3O2S2/c18-13-11-12(5-6-14(13)19)26(23,24)22-9-7-21(8-10-22)17-20-15-3-1-2-4-16(15)25-17/h1-6,11H,7-10H2. The zero-order chi connectivity index (χ0) is 18.3. The van der Waals surface area contributed by atoms with Crippen molar-refractivity contribution >= 4 is 48.3 Å². The molecule has 0 bridgehead atoms. The van der Waals surface area contributed by atoms with Gasteiger partial charge in [-0.05, 0) is 30.3 Å². The Morgan fingerprint density at radius 1 is 1.08 bits per heavy atom. The lowest BCUT2D eigenvalue weighted by Crippen LogP contribution is -2.48. The molecule has 1 aromatic heterocycles. The van der Waals surface area contributed by atoms with Crippen LogP contribution in [0.3, 0.4) is 0 Å². The fraction of sp³-hybridized carbons (Fsp3) is 0.235. The summed E-state index contributed by atoms with van der Waals surface area (Å²) in [5.74, 6) is -0.633. The van der Waals surface area contributed by atoms with Crippen molar-refractivity contribution in [2.24, 2.45) is 0 Å². The first kappa shape index (κ1) is 17.7. The van der Waals surface area contributed by atoms with Crippen LogP contribution in [0.5, 0.6) is 0 Å². The van der Waals surface area contributed by atoms with Crippen LogP contribution in [0.2, 0.25) is 5.02 Å². The number of hydrogen-bond acceptors (Lipinski definition) is 5. The van der Waals surface area contributed by atoms with Crippen molar-refractivity contribution in [3.05, 3.63) is 53.3 Å². The summed E-state index contributed by atoms with van der Waals surface area (Å²) in [5.41, 5.74) is 0.948. The van der Waals surface area contributed by atoms with E-state index in [1.807, 2.05) is 24.3 Å². The Morgan fingerprint density at radius 3 is 2.50 bits per heavy atom. The van der Waals surface area contributed by atoms with Gasteiger partial charge >= 0.3 is 0 Å². The molecular weight excluding hydrogens is 397 g/mol. The number of halogens is 2. The van der Waals surface area contributed by atoms with Crippen LogP contribution in [0.25, 0.3) is 10.2 Å². The number of fused-ring (bicyclic) bond motifs is 1. The molecule has 5 nitrogen and oxygen atoms in total. The van der Waals surface area contributed by atoms with Gasteiger partial charge in [-0.15, -0.1) is 0 Å². The van der Waals surface area contributed by atoms with Crippen LogP contribution in [0, 0.1) is 5.82 Å². The van der Waals surface area contributed by atoms with Crippen LogP contribution >= 0.6 is 22.9 Å². The Kier molecular flexibility index (Phi) is 4.60. The van der Waals surface area contributed by atoms with E-state index in [-0.39, 0.29) is 9.92 Å². The second-order valence-corrected chi connectivity index (χ2v) is 9.29. The van der Waals surface area contributed by atoms with Crippen LogP contribution in [-0.2, 0) is 10.0 Å². The van der Waals surface area contributed by atoms with Gasteiger partial charge in [-0.1, -0.05) is 35.1 Å². The lowest BCUT2D eigenvalue weighted by atomic mass is 10.3. The van der Waals surface area contributed by atoms with Crippen LogP contribution in [0.1, 0.15) is 0 Å². The van der Waals surface area contributed by atoms with Gasteiger partial charge in [-0.3, -0.25) is 0 Å². The number of para-hydroxylation sites is 1. The van der Waals surface area contributed by atoms with E-state index in [0.717, 1.165) is 27.5 Å². The van der Waals surface area contributed by atoms with Gasteiger partial charge in [0.1, 0.15) is 5.82 Å². The molecule has 0 spiro atoms. The van der Waals surface area contributed by atoms with Crippen molar-refractivity contribution in [3.8, 4) is 0 Å². The summed E-state index contributed by atoms with van der Waals surface area (Å²) in [6.07, 6.45) is 0. The molecule has 0 aliphatic carbocycles. The second kappa shape index (κ2) is 6.77. The highest BCUT2D eigenvalue weighted by molar-refractivity contribution is 7.89. The van der Waals surface area contributed by atoms with Crippen molar-refractivity contribution in [1.29, 1.82) is 0 Å². The minimum absolute atomic E-state index is 0.0114. The molecular formula is C17H15ClFN3O2S2. The highest BCUT2D eigenvalue weighted by Gasteiger charge is 2.29. The van der Waals surface area contributed by atoms with Gasteiger partial charge in [0.15, 0.2) is 5.13 Å². The number of aromatic nitrogens is 1. The predicted molar refractivity (Wildman–Crippen MR) is 102 cm³/mol. The third kappa shape index (κ3) is 3.18. The van der Waals surface area contributed by atoms with E-state index in [0.29, 0.717) is 26.2 Å². The third-order valence-corrected chi connectivity index (χ3v) is 7.60. The summed E-state index contributed by atoms with van der Waals surface area (Å²) < 4.78 is 41.3. The monoisotopic (exact) mass is 411 g/mol. The molecule has 0 amide bonds. The first-order valence-electron chi connectivity index (χ1n) is 8.01. The Morgan fingerprint density at radius 2 is 1.81 bits per heavy atom. The van der Waals surface area contributed by atoms with Crippen molar-refractivity contribution in [2.75, 3.05) is 31.1 Å². The molecule has 3 aromatic rings. The zero-order valence-electron chi connectivity index (χ0n) is 13.6. The Hall–Kier alpha value is -1.74. The molecule has 9 heteroatoms. The maximum absolute atomic E-state index is 13.3. The molecule has 26 heavy (non-hydrogen) atoms. The number of anilines is 1. The van der Waals surface area contributed by atoms with Gasteiger partial charge in [-0.2, -0.15) is 4.31 Å². The largest absolute Gasteiger partial charge is 0.345 e. The van der Waals surface area contributed by atoms with Gasteiger partial charge in [0.05, 0.1) is 20.1 Å². The summed E-state index contributed by atoms with van der Waals surface area (Å²) in [5, 5.41) is 0.701. The molecule has 0 saturated carbocycles. The van der Waals surface area contributed by atoms with E-state index in [2.05, 4.69) is 9.88 Å². The fourth-order valence-electron chi connectivity index (χ4n) is 2.90. The smallest absolute Gasteiger partial charge is 0.243 e. The lowest BCUT2D eigenvalue weighted by Gasteiger charge is -2.33. The molecule has 1 saturated heterocycles. The molecule has 4 rings (SSSR count). The minimum atomic E-state index is -3.69. The van der Waals surface area contributed by atoms with Crippen LogP contribution in [0.15, 0.2) is 47.4 Å². The molecule has 1 aliphatic heterocycles. The zero-order valence-corrected chi connectivity index (χ0v) is 16.0. The van der Waals surface area contributed by atoms with Gasteiger partial charge in [0.25, 0.3) is 0 Å². The molecule has 1 fully saturated rings. The normalized spacial score (nSPS) is 16.3. The molecule has 0 N–H and O–H groups in total. The molecule has 0 radical (unpaired) electrons. The molecule has 1 aliphatic rings. The van der Waals surface area contributed by atoms with Crippen molar-refractivity contribution in [2.45, 2.75) is 4.90 Å². The Bertz CT molecular complexity index is 1030. The Balaban J connectivity index is 1.51. The number of benzene rings is 2. The number of piperazine rings is 1. The van der Waals surface area contributed by atoms with Crippen molar-refractivity contribution in [1.82, 2.24) is 9.29 Å². The maximum atomic E-state index is 13.3. The van der Waals surface area contributed by atoms with E-state index in [4.69, 9.17) is 11.6 Å². The van der Waals surface area contributed by atoms with E-state index in [9.17, 15) is 12.8 Å². The van der Waals surface area contributed by atoms with Crippen molar-refractivity contribution in [3.63, 3.8) is 0 Å². The summed E-state index contributed by atoms with van der Waals surface area (Å²) in [7, 11) is -3.69. The Labute approximate surface area is 159 Å². The quantitative estimate of drug-likeness (QED) is 0.660. The van der Waals surface area contributed by atoms with Gasteiger partial charge in [0.2, 0.25) is 10.0 Å². The number of nitrogens with zero attached hydrogens (tertiary/aromatic N) is 3. The van der Waals surface area contributed by atoms with E-state index >= 15 is 0 Å². The SMILES string of the molecule is O=S(=O)(c1ccc(F)c(Cl)c1)N1CCN(c2nc3ccccc3s2)CC1. The summed E-state index contributed by atoms with van der Waals surface area (Å²) >= 11 is 7.33. The average molecular weight is 412 g/mol. The van der Waals surface area contributed by atoms with E-state index < -0.39 is 15.8 Å². The van der Waals surface area contributed by atoms with Crippen molar-refractivity contribution < 1.29 is 12.8 Å². The summed E-state index contributed by atoms with van der Waals surface area (Å²) in [6, 6.07) is 11.4. The first-order valence-corrected chi connectivity index (χ1v) is 10.6. The average Bonchev–Trinajstić information content (AvgIpc) is 3.08. The summed E-state index contributed by atoms with van der Waals surface area (Å²) in [4.78, 5) is 6.72. The lowest BCUT2D eigenvalue weighted by molar-refractivity contribution is 0.385. The highest BCUT2D eigenvalue weighted by Crippen LogP contribution is 2.30. The number of hydrogen-bond donors (Lipinski definition) is 0. The topological polar surface area (TPSA) is 53.5 Å². The molecule has 0 atom stereocenters. The second-order valence-electron chi connectivity index (χ2n) is 5.93. The molecule has 0 unspecified atom stereocenters. The van der Waals surface area contributed by atoms with Gasteiger partial charge < -0.3 is 4.90 Å². The predicted octanol–water partition coefficient (Wildman–Crippen LogP) is 3.60. The fourth-order valence-corrected chi connectivity index (χ4v) is 5.61. The van der Waals surface area contributed by atoms with E-state index in [1.54, 1.807) is 11.3 Å². The number of thiazole rings is 1.